The van der Waals surface area contributed by atoms with Gasteiger partial charge < -0.3 is 14.0 Å². The van der Waals surface area contributed by atoms with E-state index in [4.69, 9.17) is 14.0 Å². The van der Waals surface area contributed by atoms with Crippen LogP contribution in [-0.4, -0.2) is 25.4 Å². The normalized spacial score (nSPS) is 33.2. The summed E-state index contributed by atoms with van der Waals surface area (Å²) in [4.78, 5) is 0. The standard InChI is InChI=1S/C15H27BO3/c1-7-11-8-9-12(17-6)10-13(11)16-18-14(2,3)15(4,5)19-16/h9,11,13H,7-8,10H2,1-6H3/t11-,13+/m1/s1. The van der Waals surface area contributed by atoms with Crippen molar-refractivity contribution in [2.24, 2.45) is 5.92 Å². The van der Waals surface area contributed by atoms with Crippen LogP contribution in [0.2, 0.25) is 5.82 Å². The van der Waals surface area contributed by atoms with Gasteiger partial charge in [0.15, 0.2) is 0 Å². The summed E-state index contributed by atoms with van der Waals surface area (Å²) >= 11 is 0. The van der Waals surface area contributed by atoms with E-state index in [0.717, 1.165) is 25.0 Å². The number of ether oxygens (including phenoxy) is 1. The molecule has 0 aromatic carbocycles. The third kappa shape index (κ3) is 2.70. The van der Waals surface area contributed by atoms with Crippen LogP contribution in [0.3, 0.4) is 0 Å². The van der Waals surface area contributed by atoms with Gasteiger partial charge in [0.1, 0.15) is 0 Å². The second-order valence-electron chi connectivity index (χ2n) is 6.77. The Labute approximate surface area is 117 Å². The fourth-order valence-corrected chi connectivity index (χ4v) is 2.96. The molecule has 1 heterocycles. The van der Waals surface area contributed by atoms with Crippen molar-refractivity contribution in [3.63, 3.8) is 0 Å². The molecule has 0 saturated carbocycles. The highest BCUT2D eigenvalue weighted by molar-refractivity contribution is 6.47. The molecule has 2 atom stereocenters. The van der Waals surface area contributed by atoms with Crippen LogP contribution < -0.4 is 0 Å². The first-order chi connectivity index (χ1) is 8.80. The first-order valence-electron chi connectivity index (χ1n) is 7.39. The summed E-state index contributed by atoms with van der Waals surface area (Å²) in [5, 5.41) is 0. The molecule has 0 unspecified atom stereocenters. The van der Waals surface area contributed by atoms with Gasteiger partial charge in [-0.25, -0.2) is 0 Å². The maximum Gasteiger partial charge on any atom is 0.461 e. The average Bonchev–Trinajstić information content (AvgIpc) is 2.57. The highest BCUT2D eigenvalue weighted by Gasteiger charge is 2.55. The molecular weight excluding hydrogens is 239 g/mol. The zero-order valence-corrected chi connectivity index (χ0v) is 13.2. The summed E-state index contributed by atoms with van der Waals surface area (Å²) in [6.07, 6.45) is 5.36. The number of allylic oxidation sites excluding steroid dienone is 2. The van der Waals surface area contributed by atoms with Gasteiger partial charge in [-0.3, -0.25) is 0 Å². The lowest BCUT2D eigenvalue weighted by Crippen LogP contribution is -2.41. The highest BCUT2D eigenvalue weighted by atomic mass is 16.7. The number of hydrogen-bond donors (Lipinski definition) is 0. The quantitative estimate of drug-likeness (QED) is 0.727. The van der Waals surface area contributed by atoms with E-state index in [1.54, 1.807) is 7.11 Å². The molecule has 1 aliphatic heterocycles. The molecule has 1 aliphatic carbocycles. The summed E-state index contributed by atoms with van der Waals surface area (Å²) in [7, 11) is 1.63. The third-order valence-corrected chi connectivity index (χ3v) is 5.10. The Morgan fingerprint density at radius 3 is 2.32 bits per heavy atom. The summed E-state index contributed by atoms with van der Waals surface area (Å²) in [5.74, 6) is 2.09. The molecule has 19 heavy (non-hydrogen) atoms. The van der Waals surface area contributed by atoms with Gasteiger partial charge in [-0.2, -0.15) is 0 Å². The molecule has 0 spiro atoms. The van der Waals surface area contributed by atoms with Crippen molar-refractivity contribution in [3.05, 3.63) is 11.8 Å². The molecule has 1 fully saturated rings. The average molecular weight is 266 g/mol. The van der Waals surface area contributed by atoms with Crippen molar-refractivity contribution in [1.82, 2.24) is 0 Å². The summed E-state index contributed by atoms with van der Waals surface area (Å²) in [6, 6.07) is 0. The van der Waals surface area contributed by atoms with Gasteiger partial charge in [0.05, 0.1) is 24.1 Å². The maximum absolute atomic E-state index is 6.22. The minimum Gasteiger partial charge on any atom is -0.501 e. The molecule has 0 bridgehead atoms. The number of hydrogen-bond acceptors (Lipinski definition) is 3. The molecule has 4 heteroatoms. The number of rotatable bonds is 3. The van der Waals surface area contributed by atoms with Crippen LogP contribution in [0.25, 0.3) is 0 Å². The molecular formula is C15H27BO3. The Balaban J connectivity index is 2.15. The highest BCUT2D eigenvalue weighted by Crippen LogP contribution is 2.46. The minimum atomic E-state index is -0.246. The van der Waals surface area contributed by atoms with Crippen LogP contribution in [0, 0.1) is 5.92 Å². The van der Waals surface area contributed by atoms with Crippen LogP contribution in [0.15, 0.2) is 11.8 Å². The van der Waals surface area contributed by atoms with Gasteiger partial charge in [-0.05, 0) is 46.1 Å². The molecule has 2 aliphatic rings. The number of methoxy groups -OCH3 is 1. The molecule has 2 rings (SSSR count). The Kier molecular flexibility index (Phi) is 4.03. The summed E-state index contributed by atoms with van der Waals surface area (Å²) < 4.78 is 17.9. The van der Waals surface area contributed by atoms with Crippen LogP contribution in [0.4, 0.5) is 0 Å². The lowest BCUT2D eigenvalue weighted by Gasteiger charge is -2.32. The van der Waals surface area contributed by atoms with Crippen LogP contribution >= 0.6 is 0 Å². The molecule has 3 nitrogen and oxygen atoms in total. The lowest BCUT2D eigenvalue weighted by molar-refractivity contribution is 0.00578. The Morgan fingerprint density at radius 2 is 1.84 bits per heavy atom. The predicted molar refractivity (Wildman–Crippen MR) is 77.9 cm³/mol. The molecule has 0 aromatic heterocycles. The zero-order chi connectivity index (χ0) is 14.3. The Bertz CT molecular complexity index is 346. The molecule has 0 N–H and O–H groups in total. The second-order valence-corrected chi connectivity index (χ2v) is 6.77. The van der Waals surface area contributed by atoms with Crippen molar-refractivity contribution in [1.29, 1.82) is 0 Å². The first-order valence-corrected chi connectivity index (χ1v) is 7.39. The van der Waals surface area contributed by atoms with E-state index in [1.165, 1.54) is 0 Å². The van der Waals surface area contributed by atoms with Crippen molar-refractivity contribution in [3.8, 4) is 0 Å². The Morgan fingerprint density at radius 1 is 1.26 bits per heavy atom. The van der Waals surface area contributed by atoms with E-state index in [2.05, 4.69) is 40.7 Å². The fourth-order valence-electron chi connectivity index (χ4n) is 2.96. The van der Waals surface area contributed by atoms with E-state index in [9.17, 15) is 0 Å². The van der Waals surface area contributed by atoms with E-state index in [-0.39, 0.29) is 18.3 Å². The van der Waals surface area contributed by atoms with E-state index in [1.807, 2.05) is 0 Å². The van der Waals surface area contributed by atoms with Crippen molar-refractivity contribution >= 4 is 7.12 Å². The van der Waals surface area contributed by atoms with Gasteiger partial charge in [-0.15, -0.1) is 0 Å². The van der Waals surface area contributed by atoms with Gasteiger partial charge in [0, 0.05) is 12.2 Å². The van der Waals surface area contributed by atoms with E-state index >= 15 is 0 Å². The third-order valence-electron chi connectivity index (χ3n) is 5.10. The molecule has 0 radical (unpaired) electrons. The zero-order valence-electron chi connectivity index (χ0n) is 13.2. The van der Waals surface area contributed by atoms with Gasteiger partial charge >= 0.3 is 7.12 Å². The fraction of sp³-hybridized carbons (Fsp3) is 0.867. The lowest BCUT2D eigenvalue weighted by atomic mass is 9.60. The topological polar surface area (TPSA) is 27.7 Å². The molecule has 0 amide bonds. The summed E-state index contributed by atoms with van der Waals surface area (Å²) in [6.45, 7) is 10.7. The summed E-state index contributed by atoms with van der Waals surface area (Å²) in [5.41, 5.74) is -0.491. The van der Waals surface area contributed by atoms with Crippen LogP contribution in [0.5, 0.6) is 0 Å². The SMILES string of the molecule is CC[C@@H]1CC=C(OC)C[C@@H]1B1OC(C)(C)C(C)(C)O1. The Hall–Kier alpha value is -0.475. The van der Waals surface area contributed by atoms with Crippen molar-refractivity contribution in [2.45, 2.75) is 70.9 Å². The second kappa shape index (κ2) is 5.14. The predicted octanol–water partition coefficient (Wildman–Crippen LogP) is 3.80. The van der Waals surface area contributed by atoms with Gasteiger partial charge in [-0.1, -0.05) is 13.3 Å². The smallest absolute Gasteiger partial charge is 0.461 e. The maximum atomic E-state index is 6.22. The van der Waals surface area contributed by atoms with Crippen molar-refractivity contribution in [2.75, 3.05) is 7.11 Å². The molecule has 0 aromatic rings. The molecule has 1 saturated heterocycles. The molecule has 108 valence electrons. The van der Waals surface area contributed by atoms with Crippen LogP contribution in [0.1, 0.15) is 53.9 Å². The minimum absolute atomic E-state index is 0.117. The largest absolute Gasteiger partial charge is 0.501 e. The first kappa shape index (κ1) is 14.9. The van der Waals surface area contributed by atoms with Crippen molar-refractivity contribution < 1.29 is 14.0 Å². The monoisotopic (exact) mass is 266 g/mol. The van der Waals surface area contributed by atoms with Gasteiger partial charge in [0.2, 0.25) is 0 Å². The van der Waals surface area contributed by atoms with Gasteiger partial charge in [0.25, 0.3) is 0 Å². The van der Waals surface area contributed by atoms with E-state index in [0.29, 0.717) is 11.7 Å². The van der Waals surface area contributed by atoms with E-state index < -0.39 is 0 Å². The van der Waals surface area contributed by atoms with Crippen LogP contribution in [-0.2, 0) is 14.0 Å².